The first-order valence-electron chi connectivity index (χ1n) is 3.51. The van der Waals surface area contributed by atoms with Crippen LogP contribution >= 0.6 is 0 Å². The van der Waals surface area contributed by atoms with E-state index >= 15 is 0 Å². The largest absolute Gasteiger partial charge is 0.299 e. The maximum atomic E-state index is 11.4. The van der Waals surface area contributed by atoms with Crippen LogP contribution in [-0.4, -0.2) is 32.1 Å². The summed E-state index contributed by atoms with van der Waals surface area (Å²) in [5.74, 6) is -1.10. The molecule has 0 fully saturated rings. The average Bonchev–Trinajstić information content (AvgIpc) is 2.18. The lowest BCUT2D eigenvalue weighted by Crippen LogP contribution is -2.34. The molecule has 1 aromatic heterocycles. The van der Waals surface area contributed by atoms with Gasteiger partial charge < -0.3 is 0 Å². The van der Waals surface area contributed by atoms with E-state index in [2.05, 4.69) is 4.98 Å². The summed E-state index contributed by atoms with van der Waals surface area (Å²) in [5.41, 5.74) is -0.192. The quantitative estimate of drug-likeness (QED) is 0.719. The molecule has 0 radical (unpaired) electrons. The van der Waals surface area contributed by atoms with Crippen LogP contribution in [0.5, 0.6) is 0 Å². The van der Waals surface area contributed by atoms with Gasteiger partial charge in [-0.05, 0) is 12.1 Å². The summed E-state index contributed by atoms with van der Waals surface area (Å²) < 4.78 is 38.3. The van der Waals surface area contributed by atoms with Crippen molar-refractivity contribution in [3.05, 3.63) is 30.1 Å². The normalized spacial score (nSPS) is 14.3. The first kappa shape index (κ1) is 11.9. The molecule has 9 heteroatoms. The summed E-state index contributed by atoms with van der Waals surface area (Å²) in [6, 6.07) is 4.26. The van der Waals surface area contributed by atoms with E-state index in [1.807, 2.05) is 0 Å². The molecule has 0 aromatic carbocycles. The highest BCUT2D eigenvalue weighted by atomic mass is 32.3. The lowest BCUT2D eigenvalue weighted by Gasteiger charge is -2.11. The Balaban J connectivity index is 3.02. The second kappa shape index (κ2) is 5.07. The number of aromatic nitrogens is 1. The predicted octanol–water partition coefficient (Wildman–Crippen LogP) is -0.203. The van der Waals surface area contributed by atoms with Gasteiger partial charge in [0.05, 0.1) is 0 Å². The lowest BCUT2D eigenvalue weighted by atomic mass is 10.3. The summed E-state index contributed by atoms with van der Waals surface area (Å²) in [6.45, 7) is 0. The van der Waals surface area contributed by atoms with Crippen molar-refractivity contribution in [3.63, 3.8) is 0 Å². The highest BCUT2D eigenvalue weighted by Gasteiger charge is 2.26. The van der Waals surface area contributed by atoms with Crippen molar-refractivity contribution in [1.29, 1.82) is 0 Å². The zero-order valence-electron chi connectivity index (χ0n) is 7.14. The van der Waals surface area contributed by atoms with Gasteiger partial charge in [0.1, 0.15) is 5.69 Å². The molecule has 1 rings (SSSR count). The first-order valence-corrected chi connectivity index (χ1v) is 5.64. The molecule has 2 N–H and O–H groups in total. The molecule has 1 amide bonds. The van der Waals surface area contributed by atoms with Crippen LogP contribution in [0.3, 0.4) is 0 Å². The van der Waals surface area contributed by atoms with Crippen LogP contribution in [0, 0.1) is 0 Å². The van der Waals surface area contributed by atoms with Crippen LogP contribution < -0.4 is 0 Å². The Morgan fingerprint density at radius 2 is 1.87 bits per heavy atom. The van der Waals surface area contributed by atoms with Crippen molar-refractivity contribution in [3.8, 4) is 0 Å². The molecule has 2 unspecified atom stereocenters. The van der Waals surface area contributed by atoms with Crippen LogP contribution in [0.1, 0.15) is 10.5 Å². The molecule has 0 saturated heterocycles. The molecule has 15 heavy (non-hydrogen) atoms. The minimum atomic E-state index is -2.87. The standard InChI is InChI=1S/C6H6N2O5S2/c9-6(5-3-1-2-4-7-5)8(14(10)11)15(12)13/h1-4H,(H,10,11)(H,12,13). The maximum absolute atomic E-state index is 11.4. The van der Waals surface area contributed by atoms with Crippen molar-refractivity contribution in [1.82, 2.24) is 8.69 Å². The monoisotopic (exact) mass is 250 g/mol. The van der Waals surface area contributed by atoms with Crippen LogP contribution in [0.25, 0.3) is 0 Å². The minimum Gasteiger partial charge on any atom is -0.288 e. The van der Waals surface area contributed by atoms with Crippen LogP contribution in [0.15, 0.2) is 24.4 Å². The summed E-state index contributed by atoms with van der Waals surface area (Å²) in [5, 5.41) is 0. The fraction of sp³-hybridized carbons (Fsp3) is 0. The molecular formula is C6H6N2O5S2. The van der Waals surface area contributed by atoms with E-state index in [9.17, 15) is 13.2 Å². The number of pyridine rings is 1. The van der Waals surface area contributed by atoms with Gasteiger partial charge in [0.25, 0.3) is 28.4 Å². The molecule has 82 valence electrons. The molecule has 0 spiro atoms. The highest BCUT2D eigenvalue weighted by molar-refractivity contribution is 7.93. The molecule has 0 bridgehead atoms. The number of carbonyl (C=O) groups excluding carboxylic acids is 1. The summed E-state index contributed by atoms with van der Waals surface area (Å²) in [4.78, 5) is 15.0. The van der Waals surface area contributed by atoms with Crippen LogP contribution in [0.2, 0.25) is 0 Å². The van der Waals surface area contributed by atoms with Crippen molar-refractivity contribution in [2.24, 2.45) is 0 Å². The highest BCUT2D eigenvalue weighted by Crippen LogP contribution is 2.05. The van der Waals surface area contributed by atoms with Gasteiger partial charge in [-0.25, -0.2) is 8.42 Å². The number of nitrogens with zero attached hydrogens (tertiary/aromatic N) is 2. The Morgan fingerprint density at radius 3 is 2.27 bits per heavy atom. The molecule has 0 aliphatic rings. The number of hydrogen-bond donors (Lipinski definition) is 2. The van der Waals surface area contributed by atoms with Crippen LogP contribution in [0.4, 0.5) is 0 Å². The fourth-order valence-corrected chi connectivity index (χ4v) is 1.69. The molecule has 2 atom stereocenters. The van der Waals surface area contributed by atoms with E-state index in [4.69, 9.17) is 9.11 Å². The van der Waals surface area contributed by atoms with E-state index in [1.165, 1.54) is 24.4 Å². The number of carbonyl (C=O) groups is 1. The Labute approximate surface area is 90.0 Å². The van der Waals surface area contributed by atoms with Gasteiger partial charge in [-0.1, -0.05) is 6.07 Å². The SMILES string of the molecule is O=C(c1ccccn1)N(S(=O)O)S(=O)O. The molecule has 0 aliphatic carbocycles. The smallest absolute Gasteiger partial charge is 0.288 e. The van der Waals surface area contributed by atoms with Gasteiger partial charge in [-0.15, -0.1) is 3.71 Å². The summed E-state index contributed by atoms with van der Waals surface area (Å²) in [6.07, 6.45) is 1.28. The van der Waals surface area contributed by atoms with Gasteiger partial charge >= 0.3 is 0 Å². The van der Waals surface area contributed by atoms with Gasteiger partial charge in [0.2, 0.25) is 0 Å². The third-order valence-electron chi connectivity index (χ3n) is 1.33. The summed E-state index contributed by atoms with van der Waals surface area (Å²) >= 11 is -5.74. The van der Waals surface area contributed by atoms with E-state index in [0.29, 0.717) is 0 Å². The predicted molar refractivity (Wildman–Crippen MR) is 51.9 cm³/mol. The van der Waals surface area contributed by atoms with Gasteiger partial charge in [0, 0.05) is 6.20 Å². The number of amides is 1. The number of hydrogen-bond acceptors (Lipinski definition) is 4. The first-order chi connectivity index (χ1) is 7.04. The van der Waals surface area contributed by atoms with Crippen molar-refractivity contribution >= 4 is 28.4 Å². The Hall–Kier alpha value is -1.16. The molecule has 7 nitrogen and oxygen atoms in total. The molecule has 0 aliphatic heterocycles. The third kappa shape index (κ3) is 2.89. The van der Waals surface area contributed by atoms with E-state index < -0.39 is 28.4 Å². The van der Waals surface area contributed by atoms with Gasteiger partial charge in [0.15, 0.2) is 0 Å². The molecule has 1 heterocycles. The van der Waals surface area contributed by atoms with E-state index in [-0.39, 0.29) is 9.40 Å². The molecule has 0 saturated carbocycles. The van der Waals surface area contributed by atoms with Gasteiger partial charge in [-0.3, -0.25) is 18.9 Å². The van der Waals surface area contributed by atoms with E-state index in [0.717, 1.165) is 0 Å². The fourth-order valence-electron chi connectivity index (χ4n) is 0.779. The number of rotatable bonds is 3. The van der Waals surface area contributed by atoms with Crippen LogP contribution in [-0.2, 0) is 22.5 Å². The zero-order chi connectivity index (χ0) is 11.4. The Morgan fingerprint density at radius 1 is 1.27 bits per heavy atom. The Bertz CT molecular complexity index is 395. The third-order valence-corrected chi connectivity index (χ3v) is 3.00. The average molecular weight is 250 g/mol. The maximum Gasteiger partial charge on any atom is 0.299 e. The minimum absolute atomic E-state index is 0.109. The second-order valence-electron chi connectivity index (χ2n) is 2.24. The van der Waals surface area contributed by atoms with Crippen molar-refractivity contribution in [2.75, 3.05) is 0 Å². The van der Waals surface area contributed by atoms with Crippen molar-refractivity contribution in [2.45, 2.75) is 0 Å². The summed E-state index contributed by atoms with van der Waals surface area (Å²) in [7, 11) is 0. The van der Waals surface area contributed by atoms with Gasteiger partial charge in [-0.2, -0.15) is 0 Å². The molecule has 1 aromatic rings. The second-order valence-corrected chi connectivity index (χ2v) is 4.12. The topological polar surface area (TPSA) is 108 Å². The lowest BCUT2D eigenvalue weighted by molar-refractivity contribution is 0.0914. The van der Waals surface area contributed by atoms with Crippen molar-refractivity contribution < 1.29 is 22.3 Å². The zero-order valence-corrected chi connectivity index (χ0v) is 8.77. The van der Waals surface area contributed by atoms with E-state index in [1.54, 1.807) is 0 Å². The Kier molecular flexibility index (Phi) is 4.03. The molecular weight excluding hydrogens is 244 g/mol.